The van der Waals surface area contributed by atoms with Crippen LogP contribution in [0, 0.1) is 5.92 Å². The molecule has 0 aliphatic carbocycles. The molecule has 0 saturated carbocycles. The number of amides is 1. The normalized spacial score (nSPS) is 19.5. The molecule has 1 saturated heterocycles. The predicted molar refractivity (Wildman–Crippen MR) is 91.5 cm³/mol. The van der Waals surface area contributed by atoms with Crippen molar-refractivity contribution in [2.45, 2.75) is 71.2 Å². The van der Waals surface area contributed by atoms with E-state index < -0.39 is 17.0 Å². The molecular weight excluding hydrogens is 300 g/mol. The molecule has 0 aromatic carbocycles. The highest BCUT2D eigenvalue weighted by Crippen LogP contribution is 2.22. The van der Waals surface area contributed by atoms with Gasteiger partial charge in [-0.2, -0.15) is 0 Å². The molecule has 1 atom stereocenters. The number of likely N-dealkylation sites (tertiary alicyclic amines) is 1. The van der Waals surface area contributed by atoms with Gasteiger partial charge in [-0.3, -0.25) is 0 Å². The van der Waals surface area contributed by atoms with Crippen molar-refractivity contribution in [3.05, 3.63) is 0 Å². The molecular formula is C16H30N2O3S. The van der Waals surface area contributed by atoms with Crippen LogP contribution in [-0.4, -0.2) is 45.2 Å². The number of piperidine rings is 1. The van der Waals surface area contributed by atoms with E-state index in [4.69, 9.17) is 4.74 Å². The van der Waals surface area contributed by atoms with Gasteiger partial charge in [-0.1, -0.05) is 11.3 Å². The van der Waals surface area contributed by atoms with Gasteiger partial charge in [0, 0.05) is 19.0 Å². The van der Waals surface area contributed by atoms with Gasteiger partial charge in [0.15, 0.2) is 0 Å². The third kappa shape index (κ3) is 6.16. The zero-order valence-corrected chi connectivity index (χ0v) is 15.5. The smallest absolute Gasteiger partial charge is 0.410 e. The van der Waals surface area contributed by atoms with E-state index >= 15 is 0 Å². The molecule has 0 aromatic heterocycles. The maximum Gasteiger partial charge on any atom is 0.410 e. The molecule has 1 rings (SSSR count). The number of carbonyl (C=O) groups is 1. The molecule has 1 aliphatic rings. The molecule has 1 amide bonds. The van der Waals surface area contributed by atoms with Gasteiger partial charge < -0.3 is 14.2 Å². The van der Waals surface area contributed by atoms with Crippen molar-refractivity contribution in [3.63, 3.8) is 0 Å². The first kappa shape index (κ1) is 19.3. The lowest BCUT2D eigenvalue weighted by Gasteiger charge is -2.33. The van der Waals surface area contributed by atoms with Crippen LogP contribution in [0.5, 0.6) is 0 Å². The van der Waals surface area contributed by atoms with Gasteiger partial charge in [0.05, 0.1) is 6.21 Å². The Balaban J connectivity index is 2.44. The Hall–Kier alpha value is -0.750. The number of hydrogen-bond donors (Lipinski definition) is 0. The van der Waals surface area contributed by atoms with Crippen molar-refractivity contribution in [2.24, 2.45) is 10.3 Å². The van der Waals surface area contributed by atoms with Gasteiger partial charge in [0.25, 0.3) is 0 Å². The first-order valence-corrected chi connectivity index (χ1v) is 9.10. The molecule has 1 unspecified atom stereocenters. The zero-order chi connectivity index (χ0) is 17.0. The standard InChI is InChI=1S/C16H30N2O3S/c1-7-16(5,6)21-14(19)18-10-8-13(9-11-18)12-17-22(20)15(2,3)4/h12-13H,7-11H2,1-6H3/b17-12+. The fourth-order valence-corrected chi connectivity index (χ4v) is 2.50. The Morgan fingerprint density at radius 1 is 1.32 bits per heavy atom. The summed E-state index contributed by atoms with van der Waals surface area (Å²) in [4.78, 5) is 13.9. The minimum absolute atomic E-state index is 0.236. The van der Waals surface area contributed by atoms with E-state index in [1.54, 1.807) is 11.1 Å². The van der Waals surface area contributed by atoms with Gasteiger partial charge >= 0.3 is 6.09 Å². The SMILES string of the molecule is CCC(C)(C)OC(=O)N1CCC(/C=N/[S+]([O-])C(C)(C)C)CC1. The molecule has 128 valence electrons. The third-order valence-corrected chi connectivity index (χ3v) is 5.27. The van der Waals surface area contributed by atoms with Gasteiger partial charge in [-0.25, -0.2) is 4.79 Å². The van der Waals surface area contributed by atoms with Crippen LogP contribution in [0.2, 0.25) is 0 Å². The van der Waals surface area contributed by atoms with Crippen LogP contribution in [0.1, 0.15) is 60.8 Å². The molecule has 0 N–H and O–H groups in total. The Morgan fingerprint density at radius 2 is 1.86 bits per heavy atom. The summed E-state index contributed by atoms with van der Waals surface area (Å²) in [7, 11) is 0. The lowest BCUT2D eigenvalue weighted by atomic mass is 9.99. The number of nitrogens with zero attached hydrogens (tertiary/aromatic N) is 2. The number of rotatable bonds is 4. The van der Waals surface area contributed by atoms with Crippen molar-refractivity contribution < 1.29 is 14.1 Å². The molecule has 1 fully saturated rings. The number of hydrogen-bond acceptors (Lipinski definition) is 4. The molecule has 5 nitrogen and oxygen atoms in total. The molecule has 22 heavy (non-hydrogen) atoms. The van der Waals surface area contributed by atoms with Crippen molar-refractivity contribution in [1.82, 2.24) is 4.90 Å². The maximum absolute atomic E-state index is 12.1. The molecule has 6 heteroatoms. The predicted octanol–water partition coefficient (Wildman–Crippen LogP) is 3.56. The second kappa shape index (κ2) is 7.68. The van der Waals surface area contributed by atoms with Crippen molar-refractivity contribution >= 4 is 23.7 Å². The minimum Gasteiger partial charge on any atom is -0.591 e. The van der Waals surface area contributed by atoms with Crippen LogP contribution in [0.3, 0.4) is 0 Å². The van der Waals surface area contributed by atoms with E-state index in [1.807, 2.05) is 41.5 Å². The highest BCUT2D eigenvalue weighted by Gasteiger charge is 2.29. The summed E-state index contributed by atoms with van der Waals surface area (Å²) >= 11 is -1.21. The first-order valence-electron chi connectivity index (χ1n) is 7.99. The highest BCUT2D eigenvalue weighted by molar-refractivity contribution is 7.91. The third-order valence-electron chi connectivity index (χ3n) is 3.90. The summed E-state index contributed by atoms with van der Waals surface area (Å²) in [6.07, 6.45) is 4.04. The highest BCUT2D eigenvalue weighted by atomic mass is 32.2. The molecule has 0 radical (unpaired) electrons. The van der Waals surface area contributed by atoms with Crippen molar-refractivity contribution in [3.8, 4) is 0 Å². The average Bonchev–Trinajstić information content (AvgIpc) is 2.43. The number of carbonyl (C=O) groups excluding carboxylic acids is 1. The largest absolute Gasteiger partial charge is 0.591 e. The van der Waals surface area contributed by atoms with Crippen LogP contribution in [0.25, 0.3) is 0 Å². The zero-order valence-electron chi connectivity index (χ0n) is 14.7. The Kier molecular flexibility index (Phi) is 6.74. The Labute approximate surface area is 137 Å². The van der Waals surface area contributed by atoms with Gasteiger partial charge in [0.1, 0.15) is 21.7 Å². The van der Waals surface area contributed by atoms with Crippen LogP contribution in [0.4, 0.5) is 4.79 Å². The topological polar surface area (TPSA) is 65.0 Å². The summed E-state index contributed by atoms with van der Waals surface area (Å²) in [5.41, 5.74) is -0.418. The Morgan fingerprint density at radius 3 is 2.32 bits per heavy atom. The molecule has 0 spiro atoms. The fraction of sp³-hybridized carbons (Fsp3) is 0.875. The Bertz CT molecular complexity index is 397. The van der Waals surface area contributed by atoms with E-state index in [0.717, 1.165) is 19.3 Å². The van der Waals surface area contributed by atoms with Crippen LogP contribution in [-0.2, 0) is 16.1 Å². The van der Waals surface area contributed by atoms with Crippen molar-refractivity contribution in [2.75, 3.05) is 13.1 Å². The van der Waals surface area contributed by atoms with Crippen LogP contribution >= 0.6 is 0 Å². The molecule has 1 heterocycles. The fourth-order valence-electron chi connectivity index (χ4n) is 1.90. The summed E-state index contributed by atoms with van der Waals surface area (Å²) in [5.74, 6) is 0.287. The lowest BCUT2D eigenvalue weighted by molar-refractivity contribution is 0.00734. The summed E-state index contributed by atoms with van der Waals surface area (Å²) in [6.45, 7) is 12.9. The van der Waals surface area contributed by atoms with Crippen LogP contribution in [0.15, 0.2) is 4.40 Å². The minimum atomic E-state index is -1.21. The summed E-state index contributed by atoms with van der Waals surface area (Å²) < 4.78 is 21.3. The molecule has 0 bridgehead atoms. The second-order valence-corrected chi connectivity index (χ2v) is 9.36. The second-order valence-electron chi connectivity index (χ2n) is 7.42. The summed E-state index contributed by atoms with van der Waals surface area (Å²) in [5, 5.41) is 0. The van der Waals surface area contributed by atoms with E-state index in [2.05, 4.69) is 4.40 Å². The molecule has 0 aromatic rings. The monoisotopic (exact) mass is 330 g/mol. The first-order chi connectivity index (χ1) is 10.0. The van der Waals surface area contributed by atoms with Crippen molar-refractivity contribution in [1.29, 1.82) is 0 Å². The maximum atomic E-state index is 12.1. The van der Waals surface area contributed by atoms with E-state index in [-0.39, 0.29) is 16.8 Å². The quantitative estimate of drug-likeness (QED) is 0.585. The lowest BCUT2D eigenvalue weighted by Crippen LogP contribution is -2.42. The van der Waals surface area contributed by atoms with Gasteiger partial charge in [0.2, 0.25) is 0 Å². The average molecular weight is 330 g/mol. The van der Waals surface area contributed by atoms with E-state index in [0.29, 0.717) is 13.1 Å². The molecule has 1 aliphatic heterocycles. The van der Waals surface area contributed by atoms with Crippen LogP contribution < -0.4 is 0 Å². The van der Waals surface area contributed by atoms with Gasteiger partial charge in [-0.05, 0) is 53.9 Å². The number of ether oxygens (including phenoxy) is 1. The van der Waals surface area contributed by atoms with E-state index in [9.17, 15) is 9.35 Å². The van der Waals surface area contributed by atoms with Gasteiger partial charge in [-0.15, -0.1) is 0 Å². The summed E-state index contributed by atoms with van der Waals surface area (Å²) in [6, 6.07) is 0. The van der Waals surface area contributed by atoms with E-state index in [1.165, 1.54) is 0 Å².